The molecule has 0 radical (unpaired) electrons. The van der Waals surface area contributed by atoms with Crippen molar-refractivity contribution in [2.75, 3.05) is 0 Å². The van der Waals surface area contributed by atoms with Crippen LogP contribution in [-0.4, -0.2) is 12.0 Å². The van der Waals surface area contributed by atoms with E-state index in [1.807, 2.05) is 0 Å². The van der Waals surface area contributed by atoms with E-state index in [1.165, 1.54) is 70.6 Å². The largest absolute Gasteiger partial charge is 0.298 e. The van der Waals surface area contributed by atoms with Gasteiger partial charge in [0.1, 0.15) is 6.17 Å². The van der Waals surface area contributed by atoms with Gasteiger partial charge in [-0.1, -0.05) is 84.5 Å². The number of rotatable bonds is 8. The number of halogens is 1. The van der Waals surface area contributed by atoms with Gasteiger partial charge in [0.2, 0.25) is 0 Å². The van der Waals surface area contributed by atoms with Crippen LogP contribution in [0.15, 0.2) is 0 Å². The monoisotopic (exact) mass is 432 g/mol. The quantitative estimate of drug-likeness (QED) is 0.350. The Morgan fingerprint density at radius 1 is 0.839 bits per heavy atom. The molecule has 31 heavy (non-hydrogen) atoms. The van der Waals surface area contributed by atoms with Crippen molar-refractivity contribution in [2.45, 2.75) is 142 Å². The first-order valence-corrected chi connectivity index (χ1v) is 14.3. The zero-order valence-electron chi connectivity index (χ0n) is 20.6. The zero-order valence-corrected chi connectivity index (χ0v) is 20.6. The molecule has 0 saturated heterocycles. The summed E-state index contributed by atoms with van der Waals surface area (Å²) in [7, 11) is 0. The van der Waals surface area contributed by atoms with Gasteiger partial charge in [0.05, 0.1) is 10.8 Å². The third kappa shape index (κ3) is 4.28. The Kier molecular flexibility index (Phi) is 7.85. The van der Waals surface area contributed by atoms with Crippen molar-refractivity contribution in [2.24, 2.45) is 34.5 Å². The fourth-order valence-corrected chi connectivity index (χ4v) is 8.59. The highest BCUT2D eigenvalue weighted by Gasteiger charge is 2.73. The molecular formula is C29H49FO. The van der Waals surface area contributed by atoms with Crippen molar-refractivity contribution in [3.8, 4) is 0 Å². The van der Waals surface area contributed by atoms with Gasteiger partial charge in [0.25, 0.3) is 0 Å². The van der Waals surface area contributed by atoms with Crippen LogP contribution in [0.2, 0.25) is 0 Å². The van der Waals surface area contributed by atoms with Gasteiger partial charge in [-0.25, -0.2) is 4.39 Å². The first kappa shape index (κ1) is 23.7. The fourth-order valence-electron chi connectivity index (χ4n) is 8.59. The molecule has 0 aromatic heterocycles. The molecule has 178 valence electrons. The van der Waals surface area contributed by atoms with Crippen molar-refractivity contribution in [3.63, 3.8) is 0 Å². The second-order valence-electron chi connectivity index (χ2n) is 12.1. The predicted molar refractivity (Wildman–Crippen MR) is 128 cm³/mol. The minimum absolute atomic E-state index is 0.326. The lowest BCUT2D eigenvalue weighted by atomic mass is 9.39. The van der Waals surface area contributed by atoms with Crippen molar-refractivity contribution in [3.05, 3.63) is 0 Å². The van der Waals surface area contributed by atoms with Crippen LogP contribution in [-0.2, 0) is 4.79 Å². The molecule has 4 rings (SSSR count). The van der Waals surface area contributed by atoms with E-state index in [0.717, 1.165) is 69.1 Å². The highest BCUT2D eigenvalue weighted by molar-refractivity contribution is 5.99. The number of carbonyl (C=O) groups excluding carboxylic acids is 1. The number of ketones is 1. The van der Waals surface area contributed by atoms with E-state index < -0.39 is 17.0 Å². The van der Waals surface area contributed by atoms with Crippen molar-refractivity contribution in [1.82, 2.24) is 0 Å². The van der Waals surface area contributed by atoms with E-state index in [0.29, 0.717) is 11.7 Å². The minimum atomic E-state index is -0.842. The molecule has 0 N–H and O–H groups in total. The molecule has 4 aliphatic rings. The number of Topliss-reactive ketones (excluding diaryl/α,β-unsaturated/α-hetero) is 1. The molecule has 2 spiro atoms. The van der Waals surface area contributed by atoms with Gasteiger partial charge in [0, 0.05) is 0 Å². The Hall–Kier alpha value is -0.400. The molecular weight excluding hydrogens is 383 g/mol. The SMILES string of the molecule is CCCCCCC[C@H]1CC(C2CCC(CC)CC2)CC[C@]12C(=O)C1(CCCCC1)[C@H]2F. The molecule has 0 heterocycles. The summed E-state index contributed by atoms with van der Waals surface area (Å²) in [5, 5.41) is 0. The normalized spacial score (nSPS) is 40.2. The molecule has 4 saturated carbocycles. The fraction of sp³-hybridized carbons (Fsp3) is 0.966. The summed E-state index contributed by atoms with van der Waals surface area (Å²) in [6, 6.07) is 0. The first-order chi connectivity index (χ1) is 15.1. The van der Waals surface area contributed by atoms with E-state index in [1.54, 1.807) is 0 Å². The first-order valence-electron chi connectivity index (χ1n) is 14.3. The lowest BCUT2D eigenvalue weighted by molar-refractivity contribution is -0.205. The predicted octanol–water partition coefficient (Wildman–Crippen LogP) is 8.84. The second-order valence-corrected chi connectivity index (χ2v) is 12.1. The number of carbonyl (C=O) groups is 1. The maximum absolute atomic E-state index is 16.2. The smallest absolute Gasteiger partial charge is 0.151 e. The highest BCUT2D eigenvalue weighted by atomic mass is 19.1. The summed E-state index contributed by atoms with van der Waals surface area (Å²) in [5.74, 6) is 3.26. The molecule has 1 unspecified atom stereocenters. The van der Waals surface area contributed by atoms with Gasteiger partial charge in [-0.05, 0) is 75.0 Å². The van der Waals surface area contributed by atoms with Crippen LogP contribution < -0.4 is 0 Å². The third-order valence-electron chi connectivity index (χ3n) is 10.6. The van der Waals surface area contributed by atoms with Crippen LogP contribution in [0.5, 0.6) is 0 Å². The molecule has 4 fully saturated rings. The Morgan fingerprint density at radius 2 is 1.55 bits per heavy atom. The van der Waals surface area contributed by atoms with Crippen molar-refractivity contribution < 1.29 is 9.18 Å². The van der Waals surface area contributed by atoms with Gasteiger partial charge in [-0.2, -0.15) is 0 Å². The summed E-state index contributed by atoms with van der Waals surface area (Å²) < 4.78 is 16.2. The van der Waals surface area contributed by atoms with Crippen molar-refractivity contribution in [1.29, 1.82) is 0 Å². The number of hydrogen-bond donors (Lipinski definition) is 0. The molecule has 0 aliphatic heterocycles. The van der Waals surface area contributed by atoms with E-state index in [4.69, 9.17) is 0 Å². The van der Waals surface area contributed by atoms with Gasteiger partial charge >= 0.3 is 0 Å². The Bertz CT molecular complexity index is 586. The molecule has 4 atom stereocenters. The Morgan fingerprint density at radius 3 is 2.19 bits per heavy atom. The minimum Gasteiger partial charge on any atom is -0.298 e. The van der Waals surface area contributed by atoms with Crippen LogP contribution >= 0.6 is 0 Å². The van der Waals surface area contributed by atoms with E-state index in [9.17, 15) is 4.79 Å². The zero-order chi connectivity index (χ0) is 21.9. The number of hydrogen-bond acceptors (Lipinski definition) is 1. The maximum atomic E-state index is 16.2. The number of alkyl halides is 1. The highest BCUT2D eigenvalue weighted by Crippen LogP contribution is 2.68. The van der Waals surface area contributed by atoms with E-state index in [2.05, 4.69) is 13.8 Å². The maximum Gasteiger partial charge on any atom is 0.151 e. The average Bonchev–Trinajstić information content (AvgIpc) is 2.83. The molecule has 1 nitrogen and oxygen atoms in total. The number of unbranched alkanes of at least 4 members (excludes halogenated alkanes) is 4. The van der Waals surface area contributed by atoms with Crippen LogP contribution in [0.1, 0.15) is 136 Å². The van der Waals surface area contributed by atoms with Crippen LogP contribution in [0, 0.1) is 34.5 Å². The van der Waals surface area contributed by atoms with Crippen LogP contribution in [0.25, 0.3) is 0 Å². The Balaban J connectivity index is 1.44. The van der Waals surface area contributed by atoms with Crippen LogP contribution in [0.4, 0.5) is 4.39 Å². The van der Waals surface area contributed by atoms with E-state index >= 15 is 4.39 Å². The standard InChI is InChI=1S/C29H49FO/c1-3-5-6-7-9-12-25-21-24(23-15-13-22(4-2)14-16-23)17-20-29(25)26(30)28(27(29)31)18-10-8-11-19-28/h22-26H,3-21H2,1-2H3/t22?,23?,24?,25-,26+,29-/m0/s1. The second kappa shape index (κ2) is 10.3. The molecule has 0 aromatic rings. The van der Waals surface area contributed by atoms with Gasteiger partial charge < -0.3 is 0 Å². The molecule has 0 aromatic carbocycles. The molecule has 2 heteroatoms. The van der Waals surface area contributed by atoms with Gasteiger partial charge in [-0.3, -0.25) is 4.79 Å². The Labute approximate surface area is 191 Å². The molecule has 4 aliphatic carbocycles. The lowest BCUT2D eigenvalue weighted by Gasteiger charge is -2.64. The third-order valence-corrected chi connectivity index (χ3v) is 10.6. The molecule has 0 amide bonds. The topological polar surface area (TPSA) is 17.1 Å². The van der Waals surface area contributed by atoms with Gasteiger partial charge in [0.15, 0.2) is 5.78 Å². The van der Waals surface area contributed by atoms with Crippen molar-refractivity contribution >= 4 is 5.78 Å². The van der Waals surface area contributed by atoms with E-state index in [-0.39, 0.29) is 0 Å². The summed E-state index contributed by atoms with van der Waals surface area (Å²) in [5.41, 5.74) is -1.15. The lowest BCUT2D eigenvalue weighted by Crippen LogP contribution is -2.71. The summed E-state index contributed by atoms with van der Waals surface area (Å²) in [4.78, 5) is 13.8. The van der Waals surface area contributed by atoms with Crippen LogP contribution in [0.3, 0.4) is 0 Å². The summed E-state index contributed by atoms with van der Waals surface area (Å²) in [6.45, 7) is 4.60. The molecule has 0 bridgehead atoms. The summed E-state index contributed by atoms with van der Waals surface area (Å²) in [6.07, 6.45) is 21.6. The average molecular weight is 433 g/mol. The summed E-state index contributed by atoms with van der Waals surface area (Å²) >= 11 is 0. The van der Waals surface area contributed by atoms with Gasteiger partial charge in [-0.15, -0.1) is 0 Å².